The molecule has 0 aliphatic carbocycles. The Morgan fingerprint density at radius 1 is 1.23 bits per heavy atom. The molecule has 4 rings (SSSR count). The van der Waals surface area contributed by atoms with Gasteiger partial charge >= 0.3 is 0 Å². The van der Waals surface area contributed by atoms with Gasteiger partial charge in [0.25, 0.3) is 0 Å². The van der Waals surface area contributed by atoms with Crippen LogP contribution in [0.3, 0.4) is 0 Å². The van der Waals surface area contributed by atoms with Crippen LogP contribution in [0.2, 0.25) is 0 Å². The van der Waals surface area contributed by atoms with Gasteiger partial charge < -0.3 is 14.4 Å². The lowest BCUT2D eigenvalue weighted by Gasteiger charge is -2.53. The molecule has 2 aliphatic rings. The van der Waals surface area contributed by atoms with E-state index in [1.165, 1.54) is 0 Å². The Balaban J connectivity index is 1.21. The number of aryl methyl sites for hydroxylation is 1. The molecule has 0 aromatic carbocycles. The van der Waals surface area contributed by atoms with Crippen molar-refractivity contribution < 1.29 is 9.47 Å². The summed E-state index contributed by atoms with van der Waals surface area (Å²) in [6.07, 6.45) is 6.88. The molecule has 1 spiro atoms. The zero-order valence-electron chi connectivity index (χ0n) is 15.3. The molecule has 0 radical (unpaired) electrons. The van der Waals surface area contributed by atoms with E-state index in [4.69, 9.17) is 9.47 Å². The smallest absolute Gasteiger partial charge is 0.225 e. The van der Waals surface area contributed by atoms with E-state index in [1.807, 2.05) is 31.2 Å². The molecule has 2 fully saturated rings. The molecular formula is C20H26N4O2. The van der Waals surface area contributed by atoms with Crippen LogP contribution >= 0.6 is 0 Å². The first-order chi connectivity index (χ1) is 12.7. The SMILES string of the molecule is Cc1cccc(COCC[C@H]2CCOC3(C2)CN(c2ncccn2)C3)n1. The minimum Gasteiger partial charge on any atom is -0.375 e. The van der Waals surface area contributed by atoms with Gasteiger partial charge in [-0.15, -0.1) is 0 Å². The Morgan fingerprint density at radius 2 is 2.08 bits per heavy atom. The lowest BCUT2D eigenvalue weighted by molar-refractivity contribution is -0.116. The Kier molecular flexibility index (Phi) is 5.13. The maximum atomic E-state index is 6.12. The highest BCUT2D eigenvalue weighted by molar-refractivity contribution is 5.37. The summed E-state index contributed by atoms with van der Waals surface area (Å²) >= 11 is 0. The first-order valence-electron chi connectivity index (χ1n) is 9.39. The second-order valence-corrected chi connectivity index (χ2v) is 7.41. The third-order valence-electron chi connectivity index (χ3n) is 5.25. The molecule has 4 heterocycles. The summed E-state index contributed by atoms with van der Waals surface area (Å²) in [6.45, 7) is 6.00. The Labute approximate surface area is 154 Å². The number of ether oxygens (including phenoxy) is 2. The number of anilines is 1. The van der Waals surface area contributed by atoms with Crippen molar-refractivity contribution in [3.63, 3.8) is 0 Å². The zero-order chi connectivity index (χ0) is 17.8. The average molecular weight is 354 g/mol. The van der Waals surface area contributed by atoms with Crippen molar-refractivity contribution in [1.82, 2.24) is 15.0 Å². The molecule has 2 aliphatic heterocycles. The summed E-state index contributed by atoms with van der Waals surface area (Å²) in [5.74, 6) is 1.46. The van der Waals surface area contributed by atoms with Crippen molar-refractivity contribution >= 4 is 5.95 Å². The monoisotopic (exact) mass is 354 g/mol. The first-order valence-corrected chi connectivity index (χ1v) is 9.39. The minimum absolute atomic E-state index is 0.0137. The van der Waals surface area contributed by atoms with Crippen LogP contribution in [0.25, 0.3) is 0 Å². The summed E-state index contributed by atoms with van der Waals surface area (Å²) in [6, 6.07) is 7.90. The van der Waals surface area contributed by atoms with Crippen LogP contribution in [0.15, 0.2) is 36.7 Å². The van der Waals surface area contributed by atoms with Gasteiger partial charge in [-0.3, -0.25) is 4.98 Å². The average Bonchev–Trinajstić information content (AvgIpc) is 2.64. The van der Waals surface area contributed by atoms with Gasteiger partial charge in [-0.05, 0) is 50.3 Å². The Morgan fingerprint density at radius 3 is 2.88 bits per heavy atom. The van der Waals surface area contributed by atoms with Crippen molar-refractivity contribution in [2.75, 3.05) is 31.2 Å². The van der Waals surface area contributed by atoms with E-state index in [0.29, 0.717) is 12.5 Å². The summed E-state index contributed by atoms with van der Waals surface area (Å²) in [5, 5.41) is 0. The van der Waals surface area contributed by atoms with Crippen LogP contribution in [0.5, 0.6) is 0 Å². The topological polar surface area (TPSA) is 60.4 Å². The predicted molar refractivity (Wildman–Crippen MR) is 98.9 cm³/mol. The van der Waals surface area contributed by atoms with E-state index in [9.17, 15) is 0 Å². The summed E-state index contributed by atoms with van der Waals surface area (Å²) in [5.41, 5.74) is 2.03. The lowest BCUT2D eigenvalue weighted by Crippen LogP contribution is -2.65. The molecule has 6 nitrogen and oxygen atoms in total. The third-order valence-corrected chi connectivity index (χ3v) is 5.25. The summed E-state index contributed by atoms with van der Waals surface area (Å²) in [7, 11) is 0. The molecule has 26 heavy (non-hydrogen) atoms. The second-order valence-electron chi connectivity index (χ2n) is 7.41. The van der Waals surface area contributed by atoms with E-state index in [-0.39, 0.29) is 5.60 Å². The number of hydrogen-bond acceptors (Lipinski definition) is 6. The molecule has 0 bridgehead atoms. The molecule has 0 saturated carbocycles. The third kappa shape index (κ3) is 4.02. The van der Waals surface area contributed by atoms with Gasteiger partial charge in [0.1, 0.15) is 5.60 Å². The highest BCUT2D eigenvalue weighted by atomic mass is 16.5. The molecule has 2 aromatic heterocycles. The van der Waals surface area contributed by atoms with Gasteiger partial charge in [-0.1, -0.05) is 6.07 Å². The van der Waals surface area contributed by atoms with Crippen molar-refractivity contribution in [2.45, 2.75) is 38.4 Å². The second kappa shape index (κ2) is 7.68. The van der Waals surface area contributed by atoms with Gasteiger partial charge in [-0.25, -0.2) is 9.97 Å². The zero-order valence-corrected chi connectivity index (χ0v) is 15.3. The van der Waals surface area contributed by atoms with Gasteiger partial charge in [0, 0.05) is 31.3 Å². The Hall–Kier alpha value is -2.05. The van der Waals surface area contributed by atoms with Gasteiger partial charge in [-0.2, -0.15) is 0 Å². The normalized spacial score (nSPS) is 21.6. The van der Waals surface area contributed by atoms with Crippen LogP contribution in [0, 0.1) is 12.8 Å². The van der Waals surface area contributed by atoms with Gasteiger partial charge in [0.2, 0.25) is 5.95 Å². The molecular weight excluding hydrogens is 328 g/mol. The van der Waals surface area contributed by atoms with Crippen LogP contribution in [0.1, 0.15) is 30.7 Å². The van der Waals surface area contributed by atoms with E-state index < -0.39 is 0 Å². The first kappa shape index (κ1) is 17.4. The molecule has 0 amide bonds. The van der Waals surface area contributed by atoms with Gasteiger partial charge in [0.15, 0.2) is 0 Å². The molecule has 0 N–H and O–H groups in total. The van der Waals surface area contributed by atoms with Crippen molar-refractivity contribution in [2.24, 2.45) is 5.92 Å². The van der Waals surface area contributed by atoms with Crippen molar-refractivity contribution in [1.29, 1.82) is 0 Å². The highest BCUT2D eigenvalue weighted by Crippen LogP contribution is 2.39. The van der Waals surface area contributed by atoms with E-state index in [1.54, 1.807) is 12.4 Å². The summed E-state index contributed by atoms with van der Waals surface area (Å²) in [4.78, 5) is 15.3. The molecule has 138 valence electrons. The maximum absolute atomic E-state index is 6.12. The van der Waals surface area contributed by atoms with E-state index in [0.717, 1.165) is 62.9 Å². The van der Waals surface area contributed by atoms with Crippen molar-refractivity contribution in [3.05, 3.63) is 48.0 Å². The number of pyridine rings is 1. The predicted octanol–water partition coefficient (Wildman–Crippen LogP) is 2.77. The largest absolute Gasteiger partial charge is 0.375 e. The minimum atomic E-state index is -0.0137. The highest BCUT2D eigenvalue weighted by Gasteiger charge is 2.48. The molecule has 6 heteroatoms. The number of hydrogen-bond donors (Lipinski definition) is 0. The number of nitrogens with zero attached hydrogens (tertiary/aromatic N) is 4. The van der Waals surface area contributed by atoms with Crippen LogP contribution in [0.4, 0.5) is 5.95 Å². The van der Waals surface area contributed by atoms with Crippen molar-refractivity contribution in [3.8, 4) is 0 Å². The molecule has 2 aromatic rings. The van der Waals surface area contributed by atoms with E-state index in [2.05, 4.69) is 19.9 Å². The van der Waals surface area contributed by atoms with Crippen LogP contribution in [-0.4, -0.2) is 46.9 Å². The van der Waals surface area contributed by atoms with Gasteiger partial charge in [0.05, 0.1) is 25.4 Å². The number of aromatic nitrogens is 3. The fourth-order valence-corrected chi connectivity index (χ4v) is 3.95. The molecule has 1 atom stereocenters. The van der Waals surface area contributed by atoms with Crippen LogP contribution < -0.4 is 4.90 Å². The Bertz CT molecular complexity index is 719. The summed E-state index contributed by atoms with van der Waals surface area (Å²) < 4.78 is 12.0. The van der Waals surface area contributed by atoms with E-state index >= 15 is 0 Å². The maximum Gasteiger partial charge on any atom is 0.225 e. The molecule has 0 unspecified atom stereocenters. The van der Waals surface area contributed by atoms with Crippen LogP contribution in [-0.2, 0) is 16.1 Å². The number of rotatable bonds is 6. The fourth-order valence-electron chi connectivity index (χ4n) is 3.95. The lowest BCUT2D eigenvalue weighted by atomic mass is 9.79. The standard InChI is InChI=1S/C20H26N4O2/c1-16-4-2-5-18(23-16)13-25-10-6-17-7-11-26-20(12-17)14-24(15-20)19-21-8-3-9-22-19/h2-5,8-9,17H,6-7,10-15H2,1H3/t17-/m0/s1. The fraction of sp³-hybridized carbons (Fsp3) is 0.550. The molecule has 2 saturated heterocycles. The quantitative estimate of drug-likeness (QED) is 0.744.